The molecule has 1 aromatic rings. The van der Waals surface area contributed by atoms with E-state index >= 15 is 0 Å². The quantitative estimate of drug-likeness (QED) is 0.0342. The summed E-state index contributed by atoms with van der Waals surface area (Å²) in [5.41, 5.74) is 7.45. The number of hydrogen-bond donors (Lipinski definition) is 4. The Balaban J connectivity index is 0.842. The minimum Gasteiger partial charge on any atom is -0.446 e. The Labute approximate surface area is 460 Å². The third-order valence-electron chi connectivity index (χ3n) is 10.9. The molecule has 30 heteroatoms. The number of fused-ring (bicyclic) bond motifs is 1. The molecule has 6 amide bonds. The van der Waals surface area contributed by atoms with Crippen molar-refractivity contribution in [2.24, 2.45) is 16.6 Å². The van der Waals surface area contributed by atoms with Gasteiger partial charge in [0.05, 0.1) is 156 Å². The first-order valence-corrected chi connectivity index (χ1v) is 27.6. The summed E-state index contributed by atoms with van der Waals surface area (Å²) in [6, 6.07) is 1.55. The molecule has 1 fully saturated rings. The highest BCUT2D eigenvalue weighted by Crippen LogP contribution is 2.28. The predicted octanol–water partition coefficient (Wildman–Crippen LogP) is -1.11. The summed E-state index contributed by atoms with van der Waals surface area (Å²) in [6.45, 7) is 11.7. The Hall–Kier alpha value is -5.61. The molecular formula is C49H77N9O20S. The number of nitrogens with two attached hydrogens (primary N) is 1. The largest absolute Gasteiger partial charge is 0.446 e. The molecule has 1 saturated heterocycles. The summed E-state index contributed by atoms with van der Waals surface area (Å²) in [4.78, 5) is 89.8. The van der Waals surface area contributed by atoms with E-state index < -0.39 is 34.0 Å². The molecule has 3 aliphatic rings. The number of hydroxylamine groups is 2. The number of carbonyl (C=O) groups excluding carboxylic acids is 6. The van der Waals surface area contributed by atoms with E-state index in [1.165, 1.54) is 16.2 Å². The van der Waals surface area contributed by atoms with Crippen molar-refractivity contribution in [3.63, 3.8) is 0 Å². The topological polar surface area (TPSA) is 344 Å². The molecule has 444 valence electrons. The van der Waals surface area contributed by atoms with Gasteiger partial charge in [0, 0.05) is 69.0 Å². The minimum absolute atomic E-state index is 0.0161. The molecule has 1 aromatic heterocycles. The van der Waals surface area contributed by atoms with Crippen LogP contribution in [0.4, 0.5) is 10.5 Å². The van der Waals surface area contributed by atoms with Crippen LogP contribution in [0.3, 0.4) is 0 Å². The first-order chi connectivity index (χ1) is 38.3. The van der Waals surface area contributed by atoms with Crippen molar-refractivity contribution in [2.75, 3.05) is 185 Å². The van der Waals surface area contributed by atoms with E-state index in [9.17, 15) is 37.2 Å². The molecule has 0 bridgehead atoms. The van der Waals surface area contributed by atoms with Crippen LogP contribution >= 0.6 is 0 Å². The Kier molecular flexibility index (Phi) is 32.5. The average molecular weight is 1140 g/mol. The van der Waals surface area contributed by atoms with Gasteiger partial charge in [-0.25, -0.2) is 19.6 Å². The molecule has 79 heavy (non-hydrogen) atoms. The fraction of sp³-hybridized carbons (Fsp3) is 0.673. The van der Waals surface area contributed by atoms with Crippen LogP contribution < -0.4 is 20.5 Å². The number of aromatic nitrogens is 1. The number of amides is 6. The second-order valence-corrected chi connectivity index (χ2v) is 18.6. The van der Waals surface area contributed by atoms with E-state index in [2.05, 4.69) is 20.0 Å². The van der Waals surface area contributed by atoms with Crippen molar-refractivity contribution in [1.82, 2.24) is 34.6 Å². The maximum Gasteiger partial charge on any atom is 0.421 e. The third-order valence-corrected chi connectivity index (χ3v) is 11.9. The summed E-state index contributed by atoms with van der Waals surface area (Å²) in [7, 11) is -4.24. The highest BCUT2D eigenvalue weighted by Gasteiger charge is 2.33. The lowest BCUT2D eigenvalue weighted by Crippen LogP contribution is -2.54. The fourth-order valence-corrected chi connectivity index (χ4v) is 7.85. The van der Waals surface area contributed by atoms with Crippen molar-refractivity contribution in [3.8, 4) is 0 Å². The van der Waals surface area contributed by atoms with Gasteiger partial charge in [0.1, 0.15) is 19.0 Å². The molecule has 4 heterocycles. The lowest BCUT2D eigenvalue weighted by molar-refractivity contribution is -0.180. The molecule has 29 nitrogen and oxygen atoms in total. The average Bonchev–Trinajstić information content (AvgIpc) is 3.64. The molecule has 4 rings (SSSR count). The molecule has 0 atom stereocenters. The molecule has 0 unspecified atom stereocenters. The van der Waals surface area contributed by atoms with Gasteiger partial charge in [-0.1, -0.05) is 6.92 Å². The molecule has 0 aliphatic carbocycles. The van der Waals surface area contributed by atoms with Gasteiger partial charge in [-0.2, -0.15) is 13.1 Å². The van der Waals surface area contributed by atoms with E-state index in [-0.39, 0.29) is 101 Å². The Morgan fingerprint density at radius 2 is 1.19 bits per heavy atom. The number of nitrogens with zero attached hydrogens (tertiary/aromatic N) is 5. The second kappa shape index (κ2) is 38.9. The van der Waals surface area contributed by atoms with E-state index in [0.717, 1.165) is 17.1 Å². The van der Waals surface area contributed by atoms with Crippen LogP contribution in [-0.2, 0) is 86.3 Å². The Morgan fingerprint density at radius 1 is 0.709 bits per heavy atom. The van der Waals surface area contributed by atoms with Crippen LogP contribution in [0.1, 0.15) is 42.7 Å². The van der Waals surface area contributed by atoms with Crippen LogP contribution in [0, 0.1) is 5.92 Å². The van der Waals surface area contributed by atoms with Gasteiger partial charge in [-0.3, -0.25) is 38.7 Å². The molecule has 0 aromatic carbocycles. The van der Waals surface area contributed by atoms with Gasteiger partial charge >= 0.3 is 16.3 Å². The number of imide groups is 1. The highest BCUT2D eigenvalue weighted by atomic mass is 32.2. The molecule has 0 radical (unpaired) electrons. The summed E-state index contributed by atoms with van der Waals surface area (Å²) in [5.74, 6) is -2.16. The van der Waals surface area contributed by atoms with Crippen LogP contribution in [0.15, 0.2) is 35.0 Å². The molecule has 0 spiro atoms. The molecule has 5 N–H and O–H groups in total. The van der Waals surface area contributed by atoms with Gasteiger partial charge in [-0.15, -0.1) is 0 Å². The third kappa shape index (κ3) is 27.4. The maximum absolute atomic E-state index is 13.2. The van der Waals surface area contributed by atoms with Crippen molar-refractivity contribution in [3.05, 3.63) is 41.2 Å². The molecular weight excluding hydrogens is 1070 g/mol. The lowest BCUT2D eigenvalue weighted by atomic mass is 9.99. The van der Waals surface area contributed by atoms with E-state index in [1.54, 1.807) is 23.8 Å². The molecule has 3 aliphatic heterocycles. The maximum atomic E-state index is 13.2. The van der Waals surface area contributed by atoms with E-state index in [4.69, 9.17) is 62.7 Å². The van der Waals surface area contributed by atoms with Gasteiger partial charge in [-0.05, 0) is 25.5 Å². The predicted molar refractivity (Wildman–Crippen MR) is 280 cm³/mol. The normalized spacial score (nSPS) is 14.4. The summed E-state index contributed by atoms with van der Waals surface area (Å²) in [6.07, 6.45) is 4.84. The van der Waals surface area contributed by atoms with Gasteiger partial charge in [0.15, 0.2) is 0 Å². The monoisotopic (exact) mass is 1140 g/mol. The number of amidine groups is 1. The van der Waals surface area contributed by atoms with E-state index in [1.807, 2.05) is 6.92 Å². The van der Waals surface area contributed by atoms with Crippen molar-refractivity contribution in [2.45, 2.75) is 26.7 Å². The zero-order valence-corrected chi connectivity index (χ0v) is 45.9. The zero-order valence-electron chi connectivity index (χ0n) is 45.1. The minimum atomic E-state index is -4.24. The number of carbonyl (C=O) groups is 6. The van der Waals surface area contributed by atoms with Gasteiger partial charge in [0.25, 0.3) is 23.6 Å². The number of ether oxygens (including phenoxy) is 11. The summed E-state index contributed by atoms with van der Waals surface area (Å²) < 4.78 is 88.2. The highest BCUT2D eigenvalue weighted by molar-refractivity contribution is 7.88. The SMILES string of the molecule is CCCN(OCC)C(=O)C1=Cc2ncc(C(=O)N3CC(CNS(=O)(=O)NC(=O)OCCOCCOCCOCCOCCOCCOCCOCCOCCOCCOCCNC(=O)CN4C(=O)C=CC4=O)C3)cc2N=C(N)C1. The Bertz CT molecular complexity index is 2230. The van der Waals surface area contributed by atoms with Gasteiger partial charge < -0.3 is 68.1 Å². The van der Waals surface area contributed by atoms with Crippen molar-refractivity contribution >= 4 is 63.4 Å². The summed E-state index contributed by atoms with van der Waals surface area (Å²) in [5, 5.41) is 3.87. The lowest BCUT2D eigenvalue weighted by Gasteiger charge is -2.39. The number of rotatable bonds is 45. The second-order valence-electron chi connectivity index (χ2n) is 17.1. The Morgan fingerprint density at radius 3 is 1.67 bits per heavy atom. The number of nitrogens with one attached hydrogen (secondary N) is 3. The van der Waals surface area contributed by atoms with Crippen LogP contribution in [-0.4, -0.2) is 254 Å². The first kappa shape index (κ1) is 65.9. The fourth-order valence-electron chi connectivity index (χ4n) is 7.04. The van der Waals surface area contributed by atoms with Crippen LogP contribution in [0.2, 0.25) is 0 Å². The first-order valence-electron chi connectivity index (χ1n) is 26.1. The number of hydrogen-bond acceptors (Lipinski definition) is 23. The standard InChI is InChI=1S/C49H77N9O20S/c1-3-8-58(78-4-2)48(63)39-30-41-42(54-43(50)32-39)31-40(34-52-41)47(62)56-35-38(36-56)33-53-79(65,66)55-49(64)77-29-28-76-27-26-75-25-24-74-23-22-73-21-20-72-19-18-71-17-16-70-15-14-69-13-12-68-11-10-67-9-7-51-44(59)37-57-45(60)5-6-46(57)61/h5-6,30-31,34,38,53H,3-4,7-29,32-33,35-37H2,1-2H3,(H2,50,54)(H,51,59)(H,55,64). The smallest absolute Gasteiger partial charge is 0.421 e. The number of pyridine rings is 1. The molecule has 0 saturated carbocycles. The summed E-state index contributed by atoms with van der Waals surface area (Å²) >= 11 is 0. The van der Waals surface area contributed by atoms with Crippen LogP contribution in [0.5, 0.6) is 0 Å². The van der Waals surface area contributed by atoms with Gasteiger partial charge in [0.2, 0.25) is 5.91 Å². The van der Waals surface area contributed by atoms with E-state index in [0.29, 0.717) is 142 Å². The number of likely N-dealkylation sites (tertiary alicyclic amines) is 1. The van der Waals surface area contributed by atoms with Crippen molar-refractivity contribution < 1.29 is 94.1 Å². The van der Waals surface area contributed by atoms with Crippen molar-refractivity contribution in [1.29, 1.82) is 0 Å². The van der Waals surface area contributed by atoms with Crippen LogP contribution in [0.25, 0.3) is 6.08 Å². The number of aliphatic imine (C=N–C) groups is 1. The zero-order chi connectivity index (χ0) is 56.9.